The predicted molar refractivity (Wildman–Crippen MR) is 119 cm³/mol. The van der Waals surface area contributed by atoms with Crippen molar-refractivity contribution in [1.82, 2.24) is 24.9 Å². The van der Waals surface area contributed by atoms with Crippen molar-refractivity contribution < 1.29 is 14.3 Å². The summed E-state index contributed by atoms with van der Waals surface area (Å²) in [5, 5.41) is 8.89. The zero-order chi connectivity index (χ0) is 22.3. The molecule has 0 radical (unpaired) electrons. The van der Waals surface area contributed by atoms with Crippen molar-refractivity contribution in [2.45, 2.75) is 6.92 Å². The highest BCUT2D eigenvalue weighted by Gasteiger charge is 2.21. The summed E-state index contributed by atoms with van der Waals surface area (Å²) in [7, 11) is 1.55. The number of methoxy groups -OCH3 is 1. The first-order valence-electron chi connectivity index (χ1n) is 9.95. The summed E-state index contributed by atoms with van der Waals surface area (Å²) in [5.41, 5.74) is 0.387. The molecule has 1 aliphatic rings. The number of nitrogens with one attached hydrogen (secondary N) is 3. The number of amides is 1. The normalized spacial score (nSPS) is 13.4. The van der Waals surface area contributed by atoms with Crippen molar-refractivity contribution in [2.75, 3.05) is 54.3 Å². The first-order valence-corrected chi connectivity index (χ1v) is 9.95. The van der Waals surface area contributed by atoms with Crippen LogP contribution in [0.2, 0.25) is 0 Å². The molecule has 0 aromatic carbocycles. The lowest BCUT2D eigenvalue weighted by atomic mass is 10.3. The molecule has 4 heterocycles. The van der Waals surface area contributed by atoms with Crippen LogP contribution in [-0.4, -0.2) is 64.2 Å². The number of hydrogen-bond donors (Lipinski definition) is 3. The molecule has 0 spiro atoms. The van der Waals surface area contributed by atoms with Gasteiger partial charge in [-0.3, -0.25) is 4.79 Å². The molecule has 12 heteroatoms. The van der Waals surface area contributed by atoms with Gasteiger partial charge in [-0.25, -0.2) is 19.9 Å². The van der Waals surface area contributed by atoms with Gasteiger partial charge in [0.05, 0.1) is 26.5 Å². The van der Waals surface area contributed by atoms with Crippen LogP contribution in [-0.2, 0) is 9.53 Å². The number of aromatic nitrogens is 5. The van der Waals surface area contributed by atoms with Crippen LogP contribution in [0.5, 0.6) is 5.75 Å². The monoisotopic (exact) mass is 437 g/mol. The van der Waals surface area contributed by atoms with Crippen molar-refractivity contribution in [1.29, 1.82) is 0 Å². The van der Waals surface area contributed by atoms with Crippen molar-refractivity contribution in [3.05, 3.63) is 36.9 Å². The van der Waals surface area contributed by atoms with E-state index in [1.807, 2.05) is 12.1 Å². The first kappa shape index (κ1) is 21.2. The number of nitrogens with zero attached hydrogens (tertiary/aromatic N) is 6. The molecule has 166 valence electrons. The van der Waals surface area contributed by atoms with Crippen molar-refractivity contribution in [3.63, 3.8) is 0 Å². The highest BCUT2D eigenvalue weighted by Crippen LogP contribution is 2.35. The van der Waals surface area contributed by atoms with Crippen LogP contribution in [0, 0.1) is 0 Å². The molecule has 0 atom stereocenters. The fourth-order valence-corrected chi connectivity index (χ4v) is 3.12. The number of ether oxygens (including phenoxy) is 2. The smallest absolute Gasteiger partial charge is 0.230 e. The molecule has 4 rings (SSSR count). The van der Waals surface area contributed by atoms with E-state index in [1.54, 1.807) is 19.4 Å². The van der Waals surface area contributed by atoms with E-state index in [4.69, 9.17) is 9.47 Å². The second kappa shape index (κ2) is 9.83. The predicted octanol–water partition coefficient (Wildman–Crippen LogP) is 1.95. The topological polar surface area (TPSA) is 139 Å². The maximum atomic E-state index is 11.7. The maximum absolute atomic E-state index is 11.7. The number of carbonyl (C=O) groups is 1. The SMILES string of the molecule is COc1c(Nc2nc(Nc3ccccn3)ncc2NC(C)=O)ncnc1N1CCOCC1. The fourth-order valence-electron chi connectivity index (χ4n) is 3.12. The lowest BCUT2D eigenvalue weighted by molar-refractivity contribution is -0.114. The van der Waals surface area contributed by atoms with Crippen LogP contribution in [0.1, 0.15) is 6.92 Å². The molecule has 0 bridgehead atoms. The first-order chi connectivity index (χ1) is 15.6. The number of carbonyl (C=O) groups excluding carboxylic acids is 1. The molecule has 3 N–H and O–H groups in total. The Labute approximate surface area is 184 Å². The molecule has 32 heavy (non-hydrogen) atoms. The van der Waals surface area contributed by atoms with Gasteiger partial charge in [-0.05, 0) is 12.1 Å². The van der Waals surface area contributed by atoms with Crippen molar-refractivity contribution >= 4 is 40.8 Å². The highest BCUT2D eigenvalue weighted by molar-refractivity contribution is 5.92. The van der Waals surface area contributed by atoms with Crippen LogP contribution in [0.15, 0.2) is 36.9 Å². The summed E-state index contributed by atoms with van der Waals surface area (Å²) < 4.78 is 11.0. The Kier molecular flexibility index (Phi) is 6.51. The summed E-state index contributed by atoms with van der Waals surface area (Å²) in [4.78, 5) is 35.4. The van der Waals surface area contributed by atoms with Gasteiger partial charge >= 0.3 is 0 Å². The van der Waals surface area contributed by atoms with E-state index >= 15 is 0 Å². The minimum Gasteiger partial charge on any atom is -0.490 e. The summed E-state index contributed by atoms with van der Waals surface area (Å²) in [6.07, 6.45) is 4.60. The van der Waals surface area contributed by atoms with Gasteiger partial charge in [0, 0.05) is 26.2 Å². The Bertz CT molecular complexity index is 1080. The molecule has 1 saturated heterocycles. The van der Waals surface area contributed by atoms with Gasteiger partial charge in [-0.1, -0.05) is 6.07 Å². The van der Waals surface area contributed by atoms with Crippen LogP contribution in [0.4, 0.5) is 34.9 Å². The van der Waals surface area contributed by atoms with Gasteiger partial charge < -0.3 is 30.3 Å². The van der Waals surface area contributed by atoms with Gasteiger partial charge in [0.2, 0.25) is 17.6 Å². The highest BCUT2D eigenvalue weighted by atomic mass is 16.5. The lowest BCUT2D eigenvalue weighted by Gasteiger charge is -2.29. The number of anilines is 6. The van der Waals surface area contributed by atoms with Crippen LogP contribution >= 0.6 is 0 Å². The van der Waals surface area contributed by atoms with Gasteiger partial charge in [0.15, 0.2) is 17.5 Å². The molecule has 0 unspecified atom stereocenters. The third-order valence-corrected chi connectivity index (χ3v) is 4.54. The standard InChI is InChI=1S/C20H23N9O3/c1-13(30)25-14-11-22-20(26-15-5-3-4-6-21-15)28-17(14)27-18-16(31-2)19(24-12-23-18)29-7-9-32-10-8-29/h3-6,11-12H,7-10H2,1-2H3,(H,25,30)(H2,21,22,23,24,26,27,28). The van der Waals surface area contributed by atoms with Crippen LogP contribution in [0.3, 0.4) is 0 Å². The maximum Gasteiger partial charge on any atom is 0.230 e. The number of pyridine rings is 1. The zero-order valence-corrected chi connectivity index (χ0v) is 17.7. The zero-order valence-electron chi connectivity index (χ0n) is 17.7. The average molecular weight is 437 g/mol. The summed E-state index contributed by atoms with van der Waals surface area (Å²) in [6.45, 7) is 4.00. The molecule has 1 aliphatic heterocycles. The lowest BCUT2D eigenvalue weighted by Crippen LogP contribution is -2.37. The molecule has 1 fully saturated rings. The number of rotatable bonds is 7. The van der Waals surface area contributed by atoms with E-state index in [0.29, 0.717) is 67.0 Å². The summed E-state index contributed by atoms with van der Waals surface area (Å²) in [6, 6.07) is 5.45. The number of hydrogen-bond acceptors (Lipinski definition) is 11. The van der Waals surface area contributed by atoms with Crippen molar-refractivity contribution in [3.8, 4) is 5.75 Å². The van der Waals surface area contributed by atoms with E-state index in [-0.39, 0.29) is 5.91 Å². The largest absolute Gasteiger partial charge is 0.490 e. The Morgan fingerprint density at radius 1 is 1.09 bits per heavy atom. The van der Waals surface area contributed by atoms with Crippen LogP contribution in [0.25, 0.3) is 0 Å². The quantitative estimate of drug-likeness (QED) is 0.500. The van der Waals surface area contributed by atoms with Gasteiger partial charge in [0.1, 0.15) is 17.8 Å². The van der Waals surface area contributed by atoms with Gasteiger partial charge in [0.25, 0.3) is 0 Å². The third-order valence-electron chi connectivity index (χ3n) is 4.54. The molecule has 0 saturated carbocycles. The Balaban J connectivity index is 1.67. The molecule has 12 nitrogen and oxygen atoms in total. The molecular formula is C20H23N9O3. The van der Waals surface area contributed by atoms with Crippen molar-refractivity contribution in [2.24, 2.45) is 0 Å². The third kappa shape index (κ3) is 4.98. The van der Waals surface area contributed by atoms with E-state index in [2.05, 4.69) is 45.8 Å². The molecule has 1 amide bonds. The molecule has 3 aromatic heterocycles. The van der Waals surface area contributed by atoms with E-state index in [1.165, 1.54) is 19.4 Å². The van der Waals surface area contributed by atoms with Gasteiger partial charge in [-0.15, -0.1) is 0 Å². The van der Waals surface area contributed by atoms with E-state index in [9.17, 15) is 4.79 Å². The fraction of sp³-hybridized carbons (Fsp3) is 0.300. The van der Waals surface area contributed by atoms with Gasteiger partial charge in [-0.2, -0.15) is 4.98 Å². The Morgan fingerprint density at radius 3 is 2.66 bits per heavy atom. The van der Waals surface area contributed by atoms with E-state index < -0.39 is 0 Å². The number of morpholine rings is 1. The average Bonchev–Trinajstić information content (AvgIpc) is 2.81. The Hall–Kier alpha value is -4.06. The van der Waals surface area contributed by atoms with E-state index in [0.717, 1.165) is 0 Å². The summed E-state index contributed by atoms with van der Waals surface area (Å²) >= 11 is 0. The minimum absolute atomic E-state index is 0.259. The Morgan fingerprint density at radius 2 is 1.94 bits per heavy atom. The summed E-state index contributed by atoms with van der Waals surface area (Å²) in [5.74, 6) is 2.46. The molecule has 3 aromatic rings. The molecule has 0 aliphatic carbocycles. The second-order valence-corrected chi connectivity index (χ2v) is 6.78. The minimum atomic E-state index is -0.259. The second-order valence-electron chi connectivity index (χ2n) is 6.78. The molecular weight excluding hydrogens is 414 g/mol. The van der Waals surface area contributed by atoms with Crippen LogP contribution < -0.4 is 25.6 Å².